The van der Waals surface area contributed by atoms with Crippen molar-refractivity contribution in [1.82, 2.24) is 9.97 Å². The molecule has 144 valence electrons. The van der Waals surface area contributed by atoms with Crippen molar-refractivity contribution in [2.75, 3.05) is 0 Å². The average molecular weight is 390 g/mol. The van der Waals surface area contributed by atoms with Gasteiger partial charge in [0.15, 0.2) is 17.9 Å². The molecular weight excluding hydrogens is 374 g/mol. The number of benzene rings is 2. The predicted octanol–water partition coefficient (Wildman–Crippen LogP) is 5.42. The number of pyridine rings is 1. The van der Waals surface area contributed by atoms with Crippen LogP contribution in [0.4, 0.5) is 8.78 Å². The number of oxazole rings is 1. The number of hydrogen-bond donors (Lipinski definition) is 0. The van der Waals surface area contributed by atoms with Gasteiger partial charge in [-0.25, -0.2) is 13.8 Å². The first-order chi connectivity index (χ1) is 14.0. The summed E-state index contributed by atoms with van der Waals surface area (Å²) in [6.07, 6.45) is 4.48. The van der Waals surface area contributed by atoms with E-state index in [1.165, 1.54) is 12.5 Å². The Bertz CT molecular complexity index is 1150. The Labute approximate surface area is 165 Å². The van der Waals surface area contributed by atoms with Crippen molar-refractivity contribution >= 4 is 5.78 Å². The summed E-state index contributed by atoms with van der Waals surface area (Å²) in [5.74, 6) is -1.73. The summed E-state index contributed by atoms with van der Waals surface area (Å²) >= 11 is 0. The van der Waals surface area contributed by atoms with Gasteiger partial charge in [0.1, 0.15) is 11.6 Å². The SMILES string of the molecule is Cc1ccc(-c2cnco2)cc1-c1ccc(CC(=O)c2c(F)cccc2F)nc1. The van der Waals surface area contributed by atoms with E-state index in [4.69, 9.17) is 4.42 Å². The molecule has 0 saturated carbocycles. The highest BCUT2D eigenvalue weighted by molar-refractivity contribution is 5.97. The van der Waals surface area contributed by atoms with Crippen molar-refractivity contribution in [1.29, 1.82) is 0 Å². The van der Waals surface area contributed by atoms with E-state index in [9.17, 15) is 13.6 Å². The number of nitrogens with zero attached hydrogens (tertiary/aromatic N) is 2. The third-order valence-corrected chi connectivity index (χ3v) is 4.67. The van der Waals surface area contributed by atoms with Crippen LogP contribution in [-0.2, 0) is 6.42 Å². The summed E-state index contributed by atoms with van der Waals surface area (Å²) in [6, 6.07) is 12.8. The third-order valence-electron chi connectivity index (χ3n) is 4.67. The molecule has 0 amide bonds. The van der Waals surface area contributed by atoms with Gasteiger partial charge in [0, 0.05) is 23.0 Å². The van der Waals surface area contributed by atoms with Crippen molar-refractivity contribution < 1.29 is 18.0 Å². The van der Waals surface area contributed by atoms with Crippen molar-refractivity contribution in [2.45, 2.75) is 13.3 Å². The van der Waals surface area contributed by atoms with E-state index in [1.807, 2.05) is 31.2 Å². The van der Waals surface area contributed by atoms with Crippen LogP contribution in [-0.4, -0.2) is 15.8 Å². The minimum absolute atomic E-state index is 0.185. The van der Waals surface area contributed by atoms with Crippen molar-refractivity contribution in [3.8, 4) is 22.5 Å². The first-order valence-corrected chi connectivity index (χ1v) is 8.95. The van der Waals surface area contributed by atoms with Gasteiger partial charge in [0.25, 0.3) is 0 Å². The molecule has 4 rings (SSSR count). The highest BCUT2D eigenvalue weighted by Crippen LogP contribution is 2.29. The molecule has 6 heteroatoms. The zero-order valence-electron chi connectivity index (χ0n) is 15.5. The molecule has 0 aliphatic heterocycles. The molecule has 0 saturated heterocycles. The first kappa shape index (κ1) is 18.7. The van der Waals surface area contributed by atoms with Crippen LogP contribution in [0.2, 0.25) is 0 Å². The van der Waals surface area contributed by atoms with Gasteiger partial charge in [-0.2, -0.15) is 0 Å². The van der Waals surface area contributed by atoms with Crippen LogP contribution >= 0.6 is 0 Å². The molecule has 2 heterocycles. The van der Waals surface area contributed by atoms with E-state index in [2.05, 4.69) is 9.97 Å². The second-order valence-electron chi connectivity index (χ2n) is 6.63. The standard InChI is InChI=1S/C23H16F2N2O2/c1-14-5-6-15(22-12-26-13-29-22)9-18(14)16-7-8-17(27-11-16)10-21(28)23-19(24)3-2-4-20(23)25/h2-9,11-13H,10H2,1H3. The number of aromatic nitrogens is 2. The quantitative estimate of drug-likeness (QED) is 0.427. The molecule has 0 radical (unpaired) electrons. The van der Waals surface area contributed by atoms with Crippen LogP contribution in [0.1, 0.15) is 21.6 Å². The van der Waals surface area contributed by atoms with E-state index in [0.29, 0.717) is 11.5 Å². The number of Topliss-reactive ketones (excluding diaryl/α,β-unsaturated/α-hetero) is 1. The van der Waals surface area contributed by atoms with Crippen LogP contribution in [0.5, 0.6) is 0 Å². The molecular formula is C23H16F2N2O2. The Morgan fingerprint density at radius 2 is 1.76 bits per heavy atom. The monoisotopic (exact) mass is 390 g/mol. The molecule has 0 aliphatic carbocycles. The first-order valence-electron chi connectivity index (χ1n) is 8.95. The second-order valence-corrected chi connectivity index (χ2v) is 6.63. The molecule has 0 bridgehead atoms. The molecule has 2 aromatic heterocycles. The minimum atomic E-state index is -0.869. The van der Waals surface area contributed by atoms with Crippen LogP contribution in [0.3, 0.4) is 0 Å². The fourth-order valence-corrected chi connectivity index (χ4v) is 3.15. The van der Waals surface area contributed by atoms with Gasteiger partial charge in [-0.1, -0.05) is 24.3 Å². The largest absolute Gasteiger partial charge is 0.444 e. The number of carbonyl (C=O) groups is 1. The average Bonchev–Trinajstić information content (AvgIpc) is 3.24. The molecule has 0 spiro atoms. The van der Waals surface area contributed by atoms with E-state index in [-0.39, 0.29) is 6.42 Å². The lowest BCUT2D eigenvalue weighted by Gasteiger charge is -2.09. The highest BCUT2D eigenvalue weighted by Gasteiger charge is 2.18. The van der Waals surface area contributed by atoms with E-state index in [0.717, 1.165) is 34.4 Å². The maximum atomic E-state index is 13.8. The Hall–Kier alpha value is -3.67. The molecule has 0 fully saturated rings. The normalized spacial score (nSPS) is 10.9. The van der Waals surface area contributed by atoms with Gasteiger partial charge < -0.3 is 4.42 Å². The molecule has 0 aliphatic rings. The molecule has 0 unspecified atom stereocenters. The molecule has 0 N–H and O–H groups in total. The van der Waals surface area contributed by atoms with Crippen molar-refractivity contribution in [3.05, 3.63) is 95.8 Å². The number of ketones is 1. The smallest absolute Gasteiger partial charge is 0.181 e. The van der Waals surface area contributed by atoms with Crippen molar-refractivity contribution in [3.63, 3.8) is 0 Å². The van der Waals surface area contributed by atoms with E-state index >= 15 is 0 Å². The summed E-state index contributed by atoms with van der Waals surface area (Å²) in [5, 5.41) is 0. The molecule has 29 heavy (non-hydrogen) atoms. The molecule has 2 aromatic carbocycles. The number of carbonyl (C=O) groups excluding carboxylic acids is 1. The second kappa shape index (κ2) is 7.75. The fraction of sp³-hybridized carbons (Fsp3) is 0.0870. The maximum Gasteiger partial charge on any atom is 0.181 e. The van der Waals surface area contributed by atoms with Crippen molar-refractivity contribution in [2.24, 2.45) is 0 Å². The summed E-state index contributed by atoms with van der Waals surface area (Å²) < 4.78 is 32.9. The lowest BCUT2D eigenvalue weighted by molar-refractivity contribution is 0.0984. The third kappa shape index (κ3) is 3.82. The Kier molecular flexibility index (Phi) is 4.99. The van der Waals surface area contributed by atoms with Gasteiger partial charge in [-0.3, -0.25) is 9.78 Å². The van der Waals surface area contributed by atoms with E-state index in [1.54, 1.807) is 18.5 Å². The number of halogens is 2. The van der Waals surface area contributed by atoms with Gasteiger partial charge >= 0.3 is 0 Å². The van der Waals surface area contributed by atoms with Gasteiger partial charge in [0.05, 0.1) is 18.2 Å². The number of hydrogen-bond acceptors (Lipinski definition) is 4. The van der Waals surface area contributed by atoms with Crippen LogP contribution in [0.15, 0.2) is 71.7 Å². The van der Waals surface area contributed by atoms with E-state index < -0.39 is 23.0 Å². The Balaban J connectivity index is 1.59. The van der Waals surface area contributed by atoms with Crippen LogP contribution in [0, 0.1) is 18.6 Å². The predicted molar refractivity (Wildman–Crippen MR) is 104 cm³/mol. The molecule has 4 aromatic rings. The lowest BCUT2D eigenvalue weighted by Crippen LogP contribution is -2.10. The molecule has 4 nitrogen and oxygen atoms in total. The van der Waals surface area contributed by atoms with Gasteiger partial charge in [-0.05, 0) is 42.3 Å². The topological polar surface area (TPSA) is 56.0 Å². The highest BCUT2D eigenvalue weighted by atomic mass is 19.1. The zero-order valence-corrected chi connectivity index (χ0v) is 15.5. The Morgan fingerprint density at radius 1 is 1.00 bits per heavy atom. The minimum Gasteiger partial charge on any atom is -0.444 e. The van der Waals surface area contributed by atoms with Gasteiger partial charge in [0.2, 0.25) is 0 Å². The summed E-state index contributed by atoms with van der Waals surface area (Å²) in [5.41, 5.74) is 3.66. The fourth-order valence-electron chi connectivity index (χ4n) is 3.15. The van der Waals surface area contributed by atoms with Gasteiger partial charge in [-0.15, -0.1) is 0 Å². The number of rotatable bonds is 5. The zero-order chi connectivity index (χ0) is 20.4. The summed E-state index contributed by atoms with van der Waals surface area (Å²) in [6.45, 7) is 1.98. The van der Waals surface area contributed by atoms with Crippen LogP contribution < -0.4 is 0 Å². The number of aryl methyl sites for hydroxylation is 1. The Morgan fingerprint density at radius 3 is 2.41 bits per heavy atom. The maximum absolute atomic E-state index is 13.8. The van der Waals surface area contributed by atoms with Crippen LogP contribution in [0.25, 0.3) is 22.5 Å². The lowest BCUT2D eigenvalue weighted by atomic mass is 9.98. The molecule has 0 atom stereocenters. The summed E-state index contributed by atoms with van der Waals surface area (Å²) in [4.78, 5) is 20.6. The summed E-state index contributed by atoms with van der Waals surface area (Å²) in [7, 11) is 0.